The molecule has 1 aliphatic heterocycles. The van der Waals surface area contributed by atoms with Gasteiger partial charge in [0.15, 0.2) is 5.76 Å². The topological polar surface area (TPSA) is 67.8 Å². The molecule has 0 atom stereocenters. The molecule has 0 aliphatic carbocycles. The van der Waals surface area contributed by atoms with Gasteiger partial charge in [-0.1, -0.05) is 53.2 Å². The zero-order valence-electron chi connectivity index (χ0n) is 16.8. The summed E-state index contributed by atoms with van der Waals surface area (Å²) >= 11 is 0. The van der Waals surface area contributed by atoms with Crippen molar-refractivity contribution in [2.45, 2.75) is 25.3 Å². The number of quaternary nitrogens is 1. The molecule has 2 aromatic carbocycles. The van der Waals surface area contributed by atoms with Crippen LogP contribution in [0.25, 0.3) is 11.3 Å². The molecule has 0 unspecified atom stereocenters. The van der Waals surface area contributed by atoms with E-state index in [0.717, 1.165) is 47.8 Å². The lowest BCUT2D eigenvalue weighted by molar-refractivity contribution is -0.917. The molecule has 1 fully saturated rings. The predicted molar refractivity (Wildman–Crippen MR) is 111 cm³/mol. The van der Waals surface area contributed by atoms with Crippen LogP contribution in [0.5, 0.6) is 0 Å². The third-order valence-corrected chi connectivity index (χ3v) is 7.49. The summed E-state index contributed by atoms with van der Waals surface area (Å²) in [6.45, 7) is 7.07. The number of hydrogen-bond acceptors (Lipinski definition) is 4. The van der Waals surface area contributed by atoms with Gasteiger partial charge < -0.3 is 9.42 Å². The van der Waals surface area contributed by atoms with Gasteiger partial charge in [-0.05, 0) is 25.5 Å². The summed E-state index contributed by atoms with van der Waals surface area (Å²) in [5, 5.41) is 4.19. The number of hydrogen-bond donors (Lipinski definition) is 1. The quantitative estimate of drug-likeness (QED) is 0.697. The highest BCUT2D eigenvalue weighted by Gasteiger charge is 2.31. The number of aryl methyl sites for hydroxylation is 2. The molecule has 7 heteroatoms. The molecule has 2 heterocycles. The number of nitrogens with zero attached hydrogens (tertiary/aromatic N) is 2. The zero-order valence-corrected chi connectivity index (χ0v) is 17.6. The molecule has 6 nitrogen and oxygen atoms in total. The minimum Gasteiger partial charge on any atom is -0.356 e. The molecule has 29 heavy (non-hydrogen) atoms. The van der Waals surface area contributed by atoms with Crippen LogP contribution in [0.4, 0.5) is 0 Å². The van der Waals surface area contributed by atoms with E-state index in [0.29, 0.717) is 18.0 Å². The van der Waals surface area contributed by atoms with Crippen molar-refractivity contribution >= 4 is 10.0 Å². The molecule has 1 aliphatic rings. The summed E-state index contributed by atoms with van der Waals surface area (Å²) in [6, 6.07) is 17.4. The van der Waals surface area contributed by atoms with Crippen LogP contribution in [0, 0.1) is 13.8 Å². The first-order valence-corrected chi connectivity index (χ1v) is 11.3. The number of nitrogens with one attached hydrogen (secondary N) is 1. The second-order valence-electron chi connectivity index (χ2n) is 7.65. The van der Waals surface area contributed by atoms with Crippen molar-refractivity contribution in [3.8, 4) is 11.3 Å². The third-order valence-electron chi connectivity index (χ3n) is 5.43. The van der Waals surface area contributed by atoms with E-state index in [4.69, 9.17) is 4.52 Å². The minimum atomic E-state index is -3.45. The highest BCUT2D eigenvalue weighted by Crippen LogP contribution is 2.21. The fourth-order valence-electron chi connectivity index (χ4n) is 3.84. The van der Waals surface area contributed by atoms with Crippen LogP contribution in [-0.4, -0.2) is 44.1 Å². The molecule has 3 aromatic rings. The highest BCUT2D eigenvalue weighted by molar-refractivity contribution is 7.89. The van der Waals surface area contributed by atoms with E-state index in [-0.39, 0.29) is 0 Å². The predicted octanol–water partition coefficient (Wildman–Crippen LogP) is 2.05. The Balaban J connectivity index is 1.39. The second kappa shape index (κ2) is 8.10. The number of sulfonamides is 1. The molecule has 152 valence electrons. The Kier molecular flexibility index (Phi) is 5.54. The Bertz CT molecular complexity index is 1090. The van der Waals surface area contributed by atoms with E-state index in [1.165, 1.54) is 4.90 Å². The van der Waals surface area contributed by atoms with E-state index in [1.54, 1.807) is 10.4 Å². The van der Waals surface area contributed by atoms with Gasteiger partial charge in [0.25, 0.3) is 0 Å². The van der Waals surface area contributed by atoms with Crippen LogP contribution in [0.15, 0.2) is 64.0 Å². The van der Waals surface area contributed by atoms with Gasteiger partial charge in [0.1, 0.15) is 12.2 Å². The van der Waals surface area contributed by atoms with Crippen molar-refractivity contribution in [2.24, 2.45) is 0 Å². The summed E-state index contributed by atoms with van der Waals surface area (Å²) in [6.07, 6.45) is 0. The Morgan fingerprint density at radius 1 is 1.03 bits per heavy atom. The molecule has 1 aromatic heterocycles. The first kappa shape index (κ1) is 19.8. The van der Waals surface area contributed by atoms with E-state index in [2.05, 4.69) is 5.16 Å². The van der Waals surface area contributed by atoms with Crippen molar-refractivity contribution in [1.29, 1.82) is 0 Å². The largest absolute Gasteiger partial charge is 0.356 e. The SMILES string of the molecule is Cc1ccc(S(=O)(=O)N2CC[NH+](Cc3cc(-c4ccccc4)on3)CC2)c(C)c1. The van der Waals surface area contributed by atoms with Crippen LogP contribution in [0.2, 0.25) is 0 Å². The average Bonchev–Trinajstić information content (AvgIpc) is 3.17. The lowest BCUT2D eigenvalue weighted by Gasteiger charge is -2.31. The van der Waals surface area contributed by atoms with Crippen molar-refractivity contribution in [3.63, 3.8) is 0 Å². The van der Waals surface area contributed by atoms with Gasteiger partial charge in [-0.15, -0.1) is 0 Å². The van der Waals surface area contributed by atoms with Gasteiger partial charge in [-0.3, -0.25) is 0 Å². The number of benzene rings is 2. The smallest absolute Gasteiger partial charge is 0.243 e. The molecule has 0 amide bonds. The van der Waals surface area contributed by atoms with Gasteiger partial charge >= 0.3 is 0 Å². The Hall–Kier alpha value is -2.48. The van der Waals surface area contributed by atoms with Gasteiger partial charge in [-0.25, -0.2) is 8.42 Å². The van der Waals surface area contributed by atoms with Crippen LogP contribution in [0.3, 0.4) is 0 Å². The minimum absolute atomic E-state index is 0.413. The Morgan fingerprint density at radius 3 is 2.45 bits per heavy atom. The molecule has 0 spiro atoms. The first-order chi connectivity index (χ1) is 13.9. The molecule has 1 saturated heterocycles. The van der Waals surface area contributed by atoms with Crippen molar-refractivity contribution in [3.05, 3.63) is 71.4 Å². The maximum atomic E-state index is 13.0. The zero-order chi connectivity index (χ0) is 20.4. The van der Waals surface area contributed by atoms with Crippen LogP contribution in [-0.2, 0) is 16.6 Å². The van der Waals surface area contributed by atoms with Crippen LogP contribution < -0.4 is 4.90 Å². The standard InChI is InChI=1S/C22H25N3O3S/c1-17-8-9-22(18(2)14-17)29(26,27)25-12-10-24(11-13-25)16-20-15-21(28-23-20)19-6-4-3-5-7-19/h3-9,14-15H,10-13,16H2,1-2H3/p+1. The molecule has 0 radical (unpaired) electrons. The summed E-state index contributed by atoms with van der Waals surface area (Å²) in [5.74, 6) is 0.760. The number of rotatable bonds is 5. The monoisotopic (exact) mass is 412 g/mol. The van der Waals surface area contributed by atoms with E-state index < -0.39 is 10.0 Å². The Morgan fingerprint density at radius 2 is 1.76 bits per heavy atom. The Labute approximate surface area is 171 Å². The summed E-state index contributed by atoms with van der Waals surface area (Å²) in [7, 11) is -3.45. The molecular weight excluding hydrogens is 386 g/mol. The van der Waals surface area contributed by atoms with Crippen LogP contribution in [0.1, 0.15) is 16.8 Å². The van der Waals surface area contributed by atoms with Gasteiger partial charge in [0.05, 0.1) is 31.1 Å². The summed E-state index contributed by atoms with van der Waals surface area (Å²) in [5.41, 5.74) is 3.77. The second-order valence-corrected chi connectivity index (χ2v) is 9.55. The fraction of sp³-hybridized carbons (Fsp3) is 0.318. The van der Waals surface area contributed by atoms with Gasteiger partial charge in [-0.2, -0.15) is 4.31 Å². The summed E-state index contributed by atoms with van der Waals surface area (Å²) < 4.78 is 33.1. The molecule has 0 saturated carbocycles. The van der Waals surface area contributed by atoms with Crippen molar-refractivity contribution in [2.75, 3.05) is 26.2 Å². The van der Waals surface area contributed by atoms with Gasteiger partial charge in [0, 0.05) is 11.6 Å². The van der Waals surface area contributed by atoms with E-state index >= 15 is 0 Å². The number of piperazine rings is 1. The molecule has 4 rings (SSSR count). The van der Waals surface area contributed by atoms with E-state index in [1.807, 2.05) is 62.4 Å². The lowest BCUT2D eigenvalue weighted by atomic mass is 10.1. The third kappa shape index (κ3) is 4.27. The average molecular weight is 413 g/mol. The van der Waals surface area contributed by atoms with Crippen molar-refractivity contribution in [1.82, 2.24) is 9.46 Å². The van der Waals surface area contributed by atoms with Gasteiger partial charge in [0.2, 0.25) is 10.0 Å². The fourth-order valence-corrected chi connectivity index (χ4v) is 5.48. The maximum Gasteiger partial charge on any atom is 0.243 e. The molecular formula is C22H26N3O3S+. The highest BCUT2D eigenvalue weighted by atomic mass is 32.2. The number of aromatic nitrogens is 1. The maximum absolute atomic E-state index is 13.0. The van der Waals surface area contributed by atoms with E-state index in [9.17, 15) is 8.42 Å². The van der Waals surface area contributed by atoms with Crippen LogP contribution >= 0.6 is 0 Å². The normalized spacial score (nSPS) is 16.2. The summed E-state index contributed by atoms with van der Waals surface area (Å²) in [4.78, 5) is 1.72. The lowest BCUT2D eigenvalue weighted by Crippen LogP contribution is -3.13. The molecule has 0 bridgehead atoms. The molecule has 1 N–H and O–H groups in total. The van der Waals surface area contributed by atoms with Crippen molar-refractivity contribution < 1.29 is 17.8 Å². The first-order valence-electron chi connectivity index (χ1n) is 9.85.